The molecule has 7 heteroatoms. The van der Waals surface area contributed by atoms with E-state index in [0.29, 0.717) is 11.3 Å². The molecule has 0 saturated heterocycles. The minimum Gasteiger partial charge on any atom is -0.465 e. The van der Waals surface area contributed by atoms with Crippen LogP contribution in [-0.2, 0) is 25.6 Å². The summed E-state index contributed by atoms with van der Waals surface area (Å²) in [6.45, 7) is 4.00. The van der Waals surface area contributed by atoms with Crippen LogP contribution in [0.25, 0.3) is 0 Å². The van der Waals surface area contributed by atoms with E-state index in [1.807, 2.05) is 30.3 Å². The molecular weight excluding hydrogens is 374 g/mol. The summed E-state index contributed by atoms with van der Waals surface area (Å²) in [6.07, 6.45) is 3.09. The van der Waals surface area contributed by atoms with Crippen molar-refractivity contribution < 1.29 is 28.5 Å². The third-order valence-corrected chi connectivity index (χ3v) is 4.14. The van der Waals surface area contributed by atoms with Crippen molar-refractivity contribution in [2.45, 2.75) is 12.9 Å². The molecule has 2 aromatic carbocycles. The summed E-state index contributed by atoms with van der Waals surface area (Å²) in [4.78, 5) is 26.2. The lowest BCUT2D eigenvalue weighted by molar-refractivity contribution is -0.0246. The highest BCUT2D eigenvalue weighted by molar-refractivity contribution is 5.94. The lowest BCUT2D eigenvalue weighted by Crippen LogP contribution is -2.32. The van der Waals surface area contributed by atoms with E-state index in [1.165, 1.54) is 24.5 Å². The molecule has 1 aliphatic rings. The zero-order valence-corrected chi connectivity index (χ0v) is 15.9. The van der Waals surface area contributed by atoms with E-state index in [-0.39, 0.29) is 18.7 Å². The maximum atomic E-state index is 12.8. The molecule has 29 heavy (non-hydrogen) atoms. The van der Waals surface area contributed by atoms with Gasteiger partial charge in [0.15, 0.2) is 0 Å². The first-order valence-corrected chi connectivity index (χ1v) is 8.90. The highest BCUT2D eigenvalue weighted by Gasteiger charge is 2.23. The lowest BCUT2D eigenvalue weighted by atomic mass is 10.1. The van der Waals surface area contributed by atoms with Gasteiger partial charge in [0, 0.05) is 17.8 Å². The van der Waals surface area contributed by atoms with Crippen LogP contribution in [0.4, 0.5) is 10.5 Å². The minimum atomic E-state index is -0.718. The maximum absolute atomic E-state index is 12.8. The average Bonchev–Trinajstić information content (AvgIpc) is 3.30. The summed E-state index contributed by atoms with van der Waals surface area (Å²) < 4.78 is 21.0. The number of rotatable bonds is 7. The van der Waals surface area contributed by atoms with Crippen molar-refractivity contribution >= 4 is 17.7 Å². The molecule has 0 atom stereocenters. The van der Waals surface area contributed by atoms with Gasteiger partial charge in [0.2, 0.25) is 0 Å². The zero-order valence-electron chi connectivity index (χ0n) is 15.9. The molecule has 1 amide bonds. The van der Waals surface area contributed by atoms with Gasteiger partial charge in [-0.2, -0.15) is 0 Å². The number of amides is 1. The van der Waals surface area contributed by atoms with E-state index in [0.717, 1.165) is 5.56 Å². The van der Waals surface area contributed by atoms with Gasteiger partial charge in [0.25, 0.3) is 6.29 Å². The van der Waals surface area contributed by atoms with Gasteiger partial charge < -0.3 is 18.9 Å². The molecule has 0 unspecified atom stereocenters. The second kappa shape index (κ2) is 9.45. The highest BCUT2D eigenvalue weighted by Crippen LogP contribution is 2.30. The summed E-state index contributed by atoms with van der Waals surface area (Å²) in [5.41, 5.74) is 2.10. The Hall–Kier alpha value is -3.74. The number of ether oxygens (including phenoxy) is 4. The fourth-order valence-corrected chi connectivity index (χ4v) is 2.77. The Morgan fingerprint density at radius 2 is 1.86 bits per heavy atom. The number of nitrogens with zero attached hydrogens (tertiary/aromatic N) is 1. The standard InChI is InChI=1S/C22H21NO6/c1-3-9-23(22(25)29-15-16-7-5-4-6-8-16)19-13-17(20(24)26-2)12-18(14-19)21-27-10-11-28-21/h3-8,10-14,21H,1,9,15H2,2H3. The van der Waals surface area contributed by atoms with Crippen LogP contribution in [0.2, 0.25) is 0 Å². The molecule has 0 fully saturated rings. The third-order valence-electron chi connectivity index (χ3n) is 4.14. The van der Waals surface area contributed by atoms with E-state index in [9.17, 15) is 9.59 Å². The molecule has 150 valence electrons. The molecule has 0 aromatic heterocycles. The van der Waals surface area contributed by atoms with Crippen LogP contribution < -0.4 is 4.90 Å². The predicted molar refractivity (Wildman–Crippen MR) is 106 cm³/mol. The highest BCUT2D eigenvalue weighted by atomic mass is 16.7. The Kier molecular flexibility index (Phi) is 6.52. The van der Waals surface area contributed by atoms with Crippen molar-refractivity contribution in [1.82, 2.24) is 0 Å². The van der Waals surface area contributed by atoms with Gasteiger partial charge >= 0.3 is 12.1 Å². The summed E-state index contributed by atoms with van der Waals surface area (Å²) in [6, 6.07) is 14.2. The largest absolute Gasteiger partial charge is 0.465 e. The summed E-state index contributed by atoms with van der Waals surface area (Å²) >= 11 is 0. The van der Waals surface area contributed by atoms with Crippen molar-refractivity contribution in [3.63, 3.8) is 0 Å². The van der Waals surface area contributed by atoms with Crippen LogP contribution in [0.15, 0.2) is 73.7 Å². The molecule has 2 aromatic rings. The molecule has 1 heterocycles. The predicted octanol–water partition coefficient (Wildman–Crippen LogP) is 4.32. The van der Waals surface area contributed by atoms with Crippen molar-refractivity contribution in [2.24, 2.45) is 0 Å². The van der Waals surface area contributed by atoms with Crippen LogP contribution in [0.3, 0.4) is 0 Å². The van der Waals surface area contributed by atoms with E-state index in [2.05, 4.69) is 6.58 Å². The first-order valence-electron chi connectivity index (χ1n) is 8.90. The topological polar surface area (TPSA) is 74.3 Å². The molecule has 0 bridgehead atoms. The van der Waals surface area contributed by atoms with Crippen LogP contribution >= 0.6 is 0 Å². The van der Waals surface area contributed by atoms with Crippen LogP contribution in [0.5, 0.6) is 0 Å². The number of methoxy groups -OCH3 is 1. The van der Waals surface area contributed by atoms with Crippen LogP contribution in [-0.4, -0.2) is 25.7 Å². The SMILES string of the molecule is C=CCN(C(=O)OCc1ccccc1)c1cc(C(=O)OC)cc(C2OC=CO2)c1. The number of carbonyl (C=O) groups is 2. The number of anilines is 1. The third kappa shape index (κ3) is 4.95. The molecule has 0 radical (unpaired) electrons. The Morgan fingerprint density at radius 3 is 2.52 bits per heavy atom. The first-order chi connectivity index (χ1) is 14.1. The Balaban J connectivity index is 1.88. The normalized spacial score (nSPS) is 12.6. The fourth-order valence-electron chi connectivity index (χ4n) is 2.77. The molecule has 0 N–H and O–H groups in total. The molecule has 3 rings (SSSR count). The molecule has 0 spiro atoms. The zero-order chi connectivity index (χ0) is 20.6. The minimum absolute atomic E-state index is 0.121. The lowest BCUT2D eigenvalue weighted by Gasteiger charge is -2.23. The average molecular weight is 395 g/mol. The van der Waals surface area contributed by atoms with Crippen molar-refractivity contribution in [3.05, 3.63) is 90.4 Å². The molecule has 0 saturated carbocycles. The number of esters is 1. The van der Waals surface area contributed by atoms with Crippen molar-refractivity contribution in [3.8, 4) is 0 Å². The van der Waals surface area contributed by atoms with E-state index in [1.54, 1.807) is 24.3 Å². The number of hydrogen-bond donors (Lipinski definition) is 0. The van der Waals surface area contributed by atoms with Gasteiger partial charge in [-0.25, -0.2) is 9.59 Å². The number of carbonyl (C=O) groups excluding carboxylic acids is 2. The van der Waals surface area contributed by atoms with Gasteiger partial charge in [0.05, 0.1) is 12.7 Å². The molecular formula is C22H21NO6. The van der Waals surface area contributed by atoms with Gasteiger partial charge in [0.1, 0.15) is 19.1 Å². The van der Waals surface area contributed by atoms with Gasteiger partial charge in [-0.05, 0) is 23.8 Å². The maximum Gasteiger partial charge on any atom is 0.414 e. The van der Waals surface area contributed by atoms with Crippen LogP contribution in [0, 0.1) is 0 Å². The fraction of sp³-hybridized carbons (Fsp3) is 0.182. The summed E-state index contributed by atoms with van der Waals surface area (Å²) in [7, 11) is 1.29. The van der Waals surface area contributed by atoms with E-state index in [4.69, 9.17) is 18.9 Å². The van der Waals surface area contributed by atoms with E-state index < -0.39 is 18.4 Å². The van der Waals surface area contributed by atoms with Gasteiger partial charge in [-0.3, -0.25) is 4.90 Å². The van der Waals surface area contributed by atoms with Crippen molar-refractivity contribution in [2.75, 3.05) is 18.6 Å². The smallest absolute Gasteiger partial charge is 0.414 e. The Bertz CT molecular complexity index is 901. The second-order valence-electron chi connectivity index (χ2n) is 6.12. The number of benzene rings is 2. The molecule has 7 nitrogen and oxygen atoms in total. The first kappa shape index (κ1) is 20.0. The molecule has 1 aliphatic heterocycles. The summed E-state index contributed by atoms with van der Waals surface area (Å²) in [5.74, 6) is -0.546. The van der Waals surface area contributed by atoms with Gasteiger partial charge in [-0.15, -0.1) is 6.58 Å². The summed E-state index contributed by atoms with van der Waals surface area (Å²) in [5, 5.41) is 0. The second-order valence-corrected chi connectivity index (χ2v) is 6.12. The van der Waals surface area contributed by atoms with Crippen LogP contribution in [0.1, 0.15) is 27.8 Å². The Labute approximate surface area is 168 Å². The quantitative estimate of drug-likeness (QED) is 0.513. The van der Waals surface area contributed by atoms with E-state index >= 15 is 0 Å². The Morgan fingerprint density at radius 1 is 1.14 bits per heavy atom. The van der Waals surface area contributed by atoms with Gasteiger partial charge in [-0.1, -0.05) is 36.4 Å². The van der Waals surface area contributed by atoms with Crippen molar-refractivity contribution in [1.29, 1.82) is 0 Å². The number of hydrogen-bond acceptors (Lipinski definition) is 6. The monoisotopic (exact) mass is 395 g/mol. The molecule has 0 aliphatic carbocycles.